The molecule has 0 radical (unpaired) electrons. The van der Waals surface area contributed by atoms with Crippen molar-refractivity contribution in [2.24, 2.45) is 5.73 Å². The normalized spacial score (nSPS) is 16.2. The van der Waals surface area contributed by atoms with Crippen molar-refractivity contribution < 1.29 is 9.84 Å². The first-order chi connectivity index (χ1) is 9.65. The molecule has 6 heteroatoms. The van der Waals surface area contributed by atoms with Gasteiger partial charge in [0, 0.05) is 44.4 Å². The van der Waals surface area contributed by atoms with Crippen molar-refractivity contribution in [3.8, 4) is 5.75 Å². The highest BCUT2D eigenvalue weighted by molar-refractivity contribution is 6.00. The molecular formula is C14H22N4O2. The Bertz CT molecular complexity index is 470. The van der Waals surface area contributed by atoms with E-state index < -0.39 is 0 Å². The second-order valence-electron chi connectivity index (χ2n) is 4.85. The van der Waals surface area contributed by atoms with Crippen molar-refractivity contribution in [3.63, 3.8) is 0 Å². The van der Waals surface area contributed by atoms with Gasteiger partial charge in [-0.1, -0.05) is 0 Å². The molecule has 0 spiro atoms. The van der Waals surface area contributed by atoms with Gasteiger partial charge in [0.25, 0.3) is 0 Å². The predicted molar refractivity (Wildman–Crippen MR) is 79.7 cm³/mol. The van der Waals surface area contributed by atoms with E-state index in [0.29, 0.717) is 6.54 Å². The van der Waals surface area contributed by atoms with E-state index in [2.05, 4.69) is 9.80 Å². The molecule has 110 valence electrons. The Labute approximate surface area is 119 Å². The number of hydrogen-bond donors (Lipinski definition) is 3. The van der Waals surface area contributed by atoms with Crippen LogP contribution in [0.15, 0.2) is 18.2 Å². The van der Waals surface area contributed by atoms with Crippen LogP contribution in [0, 0.1) is 5.41 Å². The van der Waals surface area contributed by atoms with Gasteiger partial charge in [0.15, 0.2) is 0 Å². The van der Waals surface area contributed by atoms with E-state index in [0.717, 1.165) is 43.2 Å². The number of ether oxygens (including phenoxy) is 1. The zero-order valence-electron chi connectivity index (χ0n) is 11.8. The highest BCUT2D eigenvalue weighted by atomic mass is 16.5. The number of methoxy groups -OCH3 is 1. The fourth-order valence-corrected chi connectivity index (χ4v) is 2.48. The summed E-state index contributed by atoms with van der Waals surface area (Å²) in [6.45, 7) is 4.41. The fraction of sp³-hybridized carbons (Fsp3) is 0.500. The molecule has 4 N–H and O–H groups in total. The lowest BCUT2D eigenvalue weighted by Crippen LogP contribution is -2.47. The monoisotopic (exact) mass is 278 g/mol. The van der Waals surface area contributed by atoms with Crippen LogP contribution in [-0.2, 0) is 0 Å². The van der Waals surface area contributed by atoms with Gasteiger partial charge in [0.2, 0.25) is 0 Å². The predicted octanol–water partition coefficient (Wildman–Crippen LogP) is 0.0936. The van der Waals surface area contributed by atoms with Crippen molar-refractivity contribution in [2.75, 3.05) is 51.3 Å². The maximum atomic E-state index is 8.97. The number of aliphatic hydroxyl groups excluding tert-OH is 1. The molecule has 1 heterocycles. The molecule has 0 saturated carbocycles. The van der Waals surface area contributed by atoms with Crippen LogP contribution in [-0.4, -0.2) is 62.3 Å². The van der Waals surface area contributed by atoms with Gasteiger partial charge in [0.05, 0.1) is 19.4 Å². The zero-order chi connectivity index (χ0) is 14.5. The first-order valence-electron chi connectivity index (χ1n) is 6.76. The second-order valence-corrected chi connectivity index (χ2v) is 4.85. The van der Waals surface area contributed by atoms with E-state index >= 15 is 0 Å². The minimum absolute atomic E-state index is 0.0699. The average molecular weight is 278 g/mol. The fourth-order valence-electron chi connectivity index (χ4n) is 2.48. The van der Waals surface area contributed by atoms with Gasteiger partial charge in [-0.05, 0) is 12.1 Å². The molecule has 0 unspecified atom stereocenters. The van der Waals surface area contributed by atoms with Crippen LogP contribution in [0.1, 0.15) is 5.56 Å². The lowest BCUT2D eigenvalue weighted by molar-refractivity contribution is 0.189. The first kappa shape index (κ1) is 14.6. The van der Waals surface area contributed by atoms with E-state index in [1.807, 2.05) is 18.2 Å². The zero-order valence-corrected chi connectivity index (χ0v) is 11.8. The molecule has 1 aliphatic rings. The summed E-state index contributed by atoms with van der Waals surface area (Å²) in [6, 6.07) is 5.58. The van der Waals surface area contributed by atoms with Gasteiger partial charge in [-0.15, -0.1) is 0 Å². The summed E-state index contributed by atoms with van der Waals surface area (Å²) in [5, 5.41) is 16.7. The van der Waals surface area contributed by atoms with Gasteiger partial charge in [-0.2, -0.15) is 0 Å². The Morgan fingerprint density at radius 1 is 1.35 bits per heavy atom. The number of aliphatic hydroxyl groups is 1. The summed E-state index contributed by atoms with van der Waals surface area (Å²) < 4.78 is 5.26. The Balaban J connectivity index is 2.17. The minimum Gasteiger partial charge on any atom is -0.497 e. The number of benzene rings is 1. The SMILES string of the molecule is COc1ccc(C(=N)N)c(N2CCN(CCO)CC2)c1. The van der Waals surface area contributed by atoms with Crippen molar-refractivity contribution in [1.29, 1.82) is 5.41 Å². The third-order valence-corrected chi connectivity index (χ3v) is 3.62. The standard InChI is InChI=1S/C14H22N4O2/c1-20-11-2-3-12(14(15)16)13(10-11)18-6-4-17(5-7-18)8-9-19/h2-3,10,19H,4-9H2,1H3,(H3,15,16). The maximum Gasteiger partial charge on any atom is 0.124 e. The third-order valence-electron chi connectivity index (χ3n) is 3.62. The van der Waals surface area contributed by atoms with Crippen molar-refractivity contribution >= 4 is 11.5 Å². The van der Waals surface area contributed by atoms with E-state index in [1.54, 1.807) is 7.11 Å². The Hall–Kier alpha value is -1.79. The van der Waals surface area contributed by atoms with E-state index in [9.17, 15) is 0 Å². The Morgan fingerprint density at radius 2 is 2.05 bits per heavy atom. The summed E-state index contributed by atoms with van der Waals surface area (Å²) in [7, 11) is 1.63. The topological polar surface area (TPSA) is 85.8 Å². The number of β-amino-alcohol motifs (C(OH)–C–C–N with tert-alkyl or cyclic N) is 1. The Morgan fingerprint density at radius 3 is 2.60 bits per heavy atom. The molecule has 0 aromatic heterocycles. The van der Waals surface area contributed by atoms with E-state index in [4.69, 9.17) is 21.0 Å². The lowest BCUT2D eigenvalue weighted by atomic mass is 10.1. The molecule has 0 atom stereocenters. The molecule has 1 fully saturated rings. The molecule has 1 aliphatic heterocycles. The highest BCUT2D eigenvalue weighted by Crippen LogP contribution is 2.26. The van der Waals surface area contributed by atoms with Gasteiger partial charge < -0.3 is 20.5 Å². The number of amidine groups is 1. The van der Waals surface area contributed by atoms with E-state index in [1.165, 1.54) is 0 Å². The summed E-state index contributed by atoms with van der Waals surface area (Å²) >= 11 is 0. The molecule has 0 aliphatic carbocycles. The molecule has 1 saturated heterocycles. The number of nitrogen functional groups attached to an aromatic ring is 1. The molecule has 6 nitrogen and oxygen atoms in total. The number of anilines is 1. The van der Waals surface area contributed by atoms with Gasteiger partial charge >= 0.3 is 0 Å². The minimum atomic E-state index is 0.0699. The number of piperazine rings is 1. The molecule has 0 amide bonds. The highest BCUT2D eigenvalue weighted by Gasteiger charge is 2.20. The summed E-state index contributed by atoms with van der Waals surface area (Å²) in [5.74, 6) is 0.836. The third kappa shape index (κ3) is 3.20. The molecule has 20 heavy (non-hydrogen) atoms. The van der Waals surface area contributed by atoms with Crippen LogP contribution < -0.4 is 15.4 Å². The Kier molecular flexibility index (Phi) is 4.81. The number of rotatable bonds is 5. The van der Waals surface area contributed by atoms with Gasteiger partial charge in [-0.25, -0.2) is 0 Å². The van der Waals surface area contributed by atoms with Crippen LogP contribution in [0.2, 0.25) is 0 Å². The molecule has 0 bridgehead atoms. The summed E-state index contributed by atoms with van der Waals surface area (Å²) in [4.78, 5) is 4.44. The van der Waals surface area contributed by atoms with E-state index in [-0.39, 0.29) is 12.4 Å². The smallest absolute Gasteiger partial charge is 0.124 e. The quantitative estimate of drug-likeness (QED) is 0.525. The molecular weight excluding hydrogens is 256 g/mol. The van der Waals surface area contributed by atoms with Gasteiger partial charge in [0.1, 0.15) is 11.6 Å². The average Bonchev–Trinajstić information content (AvgIpc) is 2.47. The van der Waals surface area contributed by atoms with Crippen molar-refractivity contribution in [2.45, 2.75) is 0 Å². The molecule has 2 rings (SSSR count). The number of nitrogens with two attached hydrogens (primary N) is 1. The largest absolute Gasteiger partial charge is 0.497 e. The number of nitrogens with one attached hydrogen (secondary N) is 1. The van der Waals surface area contributed by atoms with Crippen molar-refractivity contribution in [3.05, 3.63) is 23.8 Å². The first-order valence-corrected chi connectivity index (χ1v) is 6.76. The lowest BCUT2D eigenvalue weighted by Gasteiger charge is -2.36. The van der Waals surface area contributed by atoms with Gasteiger partial charge in [-0.3, -0.25) is 10.3 Å². The second kappa shape index (κ2) is 6.58. The molecule has 1 aromatic rings. The van der Waals surface area contributed by atoms with Crippen LogP contribution >= 0.6 is 0 Å². The number of hydrogen-bond acceptors (Lipinski definition) is 5. The maximum absolute atomic E-state index is 8.97. The van der Waals surface area contributed by atoms with Crippen molar-refractivity contribution in [1.82, 2.24) is 4.90 Å². The van der Waals surface area contributed by atoms with Crippen LogP contribution in [0.4, 0.5) is 5.69 Å². The number of nitrogens with zero attached hydrogens (tertiary/aromatic N) is 2. The van der Waals surface area contributed by atoms with Crippen LogP contribution in [0.3, 0.4) is 0 Å². The molecule has 1 aromatic carbocycles. The van der Waals surface area contributed by atoms with Crippen LogP contribution in [0.25, 0.3) is 0 Å². The summed E-state index contributed by atoms with van der Waals surface area (Å²) in [5.41, 5.74) is 7.34. The summed E-state index contributed by atoms with van der Waals surface area (Å²) in [6.07, 6.45) is 0. The van der Waals surface area contributed by atoms with Crippen LogP contribution in [0.5, 0.6) is 5.75 Å².